The molecule has 0 atom stereocenters. The molecule has 0 amide bonds. The standard InChI is InChI=1S/C7H8O.ClH.Mg/c1-6-4-2-3-5-7(6)8;;/h2-5,8H,1H3;1H;/q;;+2/p-2. The van der Waals surface area contributed by atoms with Crippen molar-refractivity contribution < 1.29 is 17.5 Å². The average molecular weight is 167 g/mol. The first kappa shape index (κ1) is 12.7. The Bertz CT molecular complexity index is 170. The molecule has 1 nitrogen and oxygen atoms in total. The van der Waals surface area contributed by atoms with E-state index in [9.17, 15) is 5.11 Å². The molecule has 0 unspecified atom stereocenters. The molecule has 0 fully saturated rings. The van der Waals surface area contributed by atoms with Crippen molar-refractivity contribution in [3.05, 3.63) is 29.8 Å². The molecule has 1 aromatic carbocycles. The Kier molecular flexibility index (Phi) is 7.42. The van der Waals surface area contributed by atoms with E-state index in [0.29, 0.717) is 0 Å². The predicted molar refractivity (Wildman–Crippen MR) is 36.4 cm³/mol. The van der Waals surface area contributed by atoms with Gasteiger partial charge >= 0.3 is 23.1 Å². The van der Waals surface area contributed by atoms with Gasteiger partial charge in [-0.25, -0.2) is 0 Å². The van der Waals surface area contributed by atoms with Gasteiger partial charge in [-0.2, -0.15) is 0 Å². The van der Waals surface area contributed by atoms with Crippen LogP contribution in [-0.4, -0.2) is 23.1 Å². The fraction of sp³-hybridized carbons (Fsp3) is 0.143. The van der Waals surface area contributed by atoms with Gasteiger partial charge in [0.25, 0.3) is 0 Å². The summed E-state index contributed by atoms with van der Waals surface area (Å²) in [5.41, 5.74) is 0.813. The van der Waals surface area contributed by atoms with Crippen molar-refractivity contribution >= 4 is 23.1 Å². The SMILES string of the molecule is Cc1ccccc1[O-].[Cl-].[Mg+2]. The molecule has 0 spiro atoms. The van der Waals surface area contributed by atoms with Crippen molar-refractivity contribution in [3.63, 3.8) is 0 Å². The number of para-hydroxylation sites is 1. The second-order valence-corrected chi connectivity index (χ2v) is 1.77. The molecule has 0 heterocycles. The maximum Gasteiger partial charge on any atom is 2.00 e. The van der Waals surface area contributed by atoms with E-state index in [1.165, 1.54) is 0 Å². The summed E-state index contributed by atoms with van der Waals surface area (Å²) < 4.78 is 0. The molecule has 0 saturated heterocycles. The Hall–Kier alpha value is 0.0762. The van der Waals surface area contributed by atoms with Gasteiger partial charge in [0.1, 0.15) is 0 Å². The maximum absolute atomic E-state index is 10.6. The van der Waals surface area contributed by atoms with Crippen LogP contribution < -0.4 is 17.5 Å². The molecular formula is C7H7ClMgO. The second kappa shape index (κ2) is 5.83. The third kappa shape index (κ3) is 3.30. The maximum atomic E-state index is 10.6. The van der Waals surface area contributed by atoms with Crippen LogP contribution >= 0.6 is 0 Å². The monoisotopic (exact) mass is 166 g/mol. The van der Waals surface area contributed by atoms with Gasteiger partial charge in [0, 0.05) is 0 Å². The Labute approximate surface area is 83.0 Å². The zero-order chi connectivity index (χ0) is 5.98. The normalized spacial score (nSPS) is 7.30. The Morgan fingerprint density at radius 1 is 1.20 bits per heavy atom. The van der Waals surface area contributed by atoms with Crippen LogP contribution in [0.4, 0.5) is 0 Å². The fourth-order valence-electron chi connectivity index (χ4n) is 0.556. The average Bonchev–Trinajstić information content (AvgIpc) is 1.77. The molecule has 0 bridgehead atoms. The largest absolute Gasteiger partial charge is 2.00 e. The van der Waals surface area contributed by atoms with Crippen LogP contribution in [0.1, 0.15) is 5.56 Å². The Morgan fingerprint density at radius 3 is 2.00 bits per heavy atom. The smallest absolute Gasteiger partial charge is 1.00 e. The summed E-state index contributed by atoms with van der Waals surface area (Å²) in [6.07, 6.45) is 0. The van der Waals surface area contributed by atoms with Crippen LogP contribution in [0.15, 0.2) is 24.3 Å². The molecule has 50 valence electrons. The van der Waals surface area contributed by atoms with Gasteiger partial charge in [-0.1, -0.05) is 29.8 Å². The minimum atomic E-state index is 0. The van der Waals surface area contributed by atoms with Crippen molar-refractivity contribution in [3.8, 4) is 5.75 Å². The summed E-state index contributed by atoms with van der Waals surface area (Å²) >= 11 is 0. The molecule has 1 rings (SSSR count). The first-order chi connectivity index (χ1) is 3.80. The molecule has 0 aromatic heterocycles. The quantitative estimate of drug-likeness (QED) is 0.398. The summed E-state index contributed by atoms with van der Waals surface area (Å²) in [6, 6.07) is 6.98. The van der Waals surface area contributed by atoms with Gasteiger partial charge in [-0.05, 0) is 6.92 Å². The summed E-state index contributed by atoms with van der Waals surface area (Å²) in [6.45, 7) is 1.81. The Balaban J connectivity index is 0. The van der Waals surface area contributed by atoms with E-state index in [4.69, 9.17) is 0 Å². The summed E-state index contributed by atoms with van der Waals surface area (Å²) in [4.78, 5) is 0. The van der Waals surface area contributed by atoms with Crippen LogP contribution in [0.2, 0.25) is 0 Å². The topological polar surface area (TPSA) is 23.1 Å². The first-order valence-electron chi connectivity index (χ1n) is 2.53. The molecule has 0 N–H and O–H groups in total. The van der Waals surface area contributed by atoms with Gasteiger partial charge in [0.2, 0.25) is 0 Å². The molecular weight excluding hydrogens is 160 g/mol. The second-order valence-electron chi connectivity index (χ2n) is 1.77. The summed E-state index contributed by atoms with van der Waals surface area (Å²) in [5.74, 6) is 0.118. The van der Waals surface area contributed by atoms with E-state index in [1.807, 2.05) is 19.1 Å². The van der Waals surface area contributed by atoms with Crippen LogP contribution in [0.25, 0.3) is 0 Å². The molecule has 0 aliphatic carbocycles. The molecule has 0 radical (unpaired) electrons. The van der Waals surface area contributed by atoms with Crippen LogP contribution in [-0.2, 0) is 0 Å². The third-order valence-electron chi connectivity index (χ3n) is 1.09. The van der Waals surface area contributed by atoms with Crippen molar-refractivity contribution in [2.24, 2.45) is 0 Å². The summed E-state index contributed by atoms with van der Waals surface area (Å²) in [5, 5.41) is 10.6. The Morgan fingerprint density at radius 2 is 1.70 bits per heavy atom. The minimum absolute atomic E-state index is 0. The number of halogens is 1. The van der Waals surface area contributed by atoms with Gasteiger partial charge in [-0.3, -0.25) is 0 Å². The van der Waals surface area contributed by atoms with Gasteiger partial charge < -0.3 is 17.5 Å². The number of hydrogen-bond donors (Lipinski definition) is 0. The van der Waals surface area contributed by atoms with E-state index < -0.39 is 0 Å². The van der Waals surface area contributed by atoms with Crippen molar-refractivity contribution in [1.82, 2.24) is 0 Å². The molecule has 0 aliphatic heterocycles. The molecule has 3 heteroatoms. The van der Waals surface area contributed by atoms with Crippen molar-refractivity contribution in [2.45, 2.75) is 6.92 Å². The van der Waals surface area contributed by atoms with E-state index in [1.54, 1.807) is 12.1 Å². The van der Waals surface area contributed by atoms with E-state index >= 15 is 0 Å². The van der Waals surface area contributed by atoms with Gasteiger partial charge in [0.15, 0.2) is 0 Å². The zero-order valence-corrected chi connectivity index (χ0v) is 7.97. The number of benzene rings is 1. The number of aryl methyl sites for hydroxylation is 1. The molecule has 10 heavy (non-hydrogen) atoms. The van der Waals surface area contributed by atoms with Crippen LogP contribution in [0, 0.1) is 6.92 Å². The molecule has 1 aromatic rings. The zero-order valence-electron chi connectivity index (χ0n) is 5.80. The number of rotatable bonds is 0. The van der Waals surface area contributed by atoms with Gasteiger partial charge in [0.05, 0.1) is 0 Å². The van der Waals surface area contributed by atoms with Crippen molar-refractivity contribution in [2.75, 3.05) is 0 Å². The first-order valence-corrected chi connectivity index (χ1v) is 2.53. The number of hydrogen-bond acceptors (Lipinski definition) is 1. The van der Waals surface area contributed by atoms with Crippen LogP contribution in [0.5, 0.6) is 5.75 Å². The fourth-order valence-corrected chi connectivity index (χ4v) is 0.556. The predicted octanol–water partition coefficient (Wildman–Crippen LogP) is -2.31. The minimum Gasteiger partial charge on any atom is -1.00 e. The molecule has 0 saturated carbocycles. The van der Waals surface area contributed by atoms with E-state index in [2.05, 4.69) is 0 Å². The van der Waals surface area contributed by atoms with Crippen molar-refractivity contribution in [1.29, 1.82) is 0 Å². The molecule has 0 aliphatic rings. The van der Waals surface area contributed by atoms with E-state index in [-0.39, 0.29) is 41.2 Å². The van der Waals surface area contributed by atoms with Gasteiger partial charge in [-0.15, -0.1) is 5.75 Å². The third-order valence-corrected chi connectivity index (χ3v) is 1.09. The summed E-state index contributed by atoms with van der Waals surface area (Å²) in [7, 11) is 0. The van der Waals surface area contributed by atoms with E-state index in [0.717, 1.165) is 5.56 Å². The van der Waals surface area contributed by atoms with Crippen LogP contribution in [0.3, 0.4) is 0 Å².